The van der Waals surface area contributed by atoms with E-state index in [1.165, 1.54) is 19.3 Å². The Labute approximate surface area is 124 Å². The van der Waals surface area contributed by atoms with Gasteiger partial charge in [-0.1, -0.05) is 24.4 Å². The van der Waals surface area contributed by atoms with E-state index >= 15 is 0 Å². The molecule has 1 aliphatic heterocycles. The summed E-state index contributed by atoms with van der Waals surface area (Å²) in [6.45, 7) is 1.53. The summed E-state index contributed by atoms with van der Waals surface area (Å²) in [7, 11) is 0. The predicted octanol–water partition coefficient (Wildman–Crippen LogP) is 1.74. The van der Waals surface area contributed by atoms with Crippen molar-refractivity contribution in [2.75, 3.05) is 18.4 Å². The topological polar surface area (TPSA) is 58.4 Å². The van der Waals surface area contributed by atoms with Crippen molar-refractivity contribution >= 4 is 28.8 Å². The highest BCUT2D eigenvalue weighted by Gasteiger charge is 2.38. The molecule has 0 spiro atoms. The zero-order chi connectivity index (χ0) is 14.1. The van der Waals surface area contributed by atoms with Crippen LogP contribution in [0.3, 0.4) is 0 Å². The Balaban J connectivity index is 1.63. The maximum atomic E-state index is 12.2. The molecule has 1 saturated heterocycles. The molecule has 3 N–H and O–H groups in total. The Bertz CT molecular complexity index is 546. The molecule has 1 saturated carbocycles. The first-order chi connectivity index (χ1) is 9.63. The van der Waals surface area contributed by atoms with E-state index in [1.54, 1.807) is 0 Å². The van der Waals surface area contributed by atoms with E-state index < -0.39 is 0 Å². The summed E-state index contributed by atoms with van der Waals surface area (Å²) in [5.41, 5.74) is 7.10. The first-order valence-corrected chi connectivity index (χ1v) is 7.47. The largest absolute Gasteiger partial charge is 0.389 e. The molecule has 1 aliphatic carbocycles. The van der Waals surface area contributed by atoms with Gasteiger partial charge in [0.2, 0.25) is 5.91 Å². The van der Waals surface area contributed by atoms with Gasteiger partial charge in [0.05, 0.1) is 12.2 Å². The van der Waals surface area contributed by atoms with Crippen LogP contribution in [0.5, 0.6) is 0 Å². The standard InChI is InChI=1S/C15H19N3OS/c16-15(20)12-3-1-2-4-13(12)17-14(19)9-18-8-10-5-6-11(18)7-10/h1-4,10-11H,5-9H2,(H2,16,20)(H,17,19). The number of fused-ring (bicyclic) bond motifs is 2. The Hall–Kier alpha value is -1.46. The average Bonchev–Trinajstić information content (AvgIpc) is 3.01. The molecule has 1 aromatic carbocycles. The fraction of sp³-hybridized carbons (Fsp3) is 0.467. The number of benzene rings is 1. The van der Waals surface area contributed by atoms with E-state index in [2.05, 4.69) is 10.2 Å². The lowest BCUT2D eigenvalue weighted by Crippen LogP contribution is -2.38. The van der Waals surface area contributed by atoms with Gasteiger partial charge in [0.1, 0.15) is 4.99 Å². The molecule has 4 nitrogen and oxygen atoms in total. The molecular weight excluding hydrogens is 270 g/mol. The van der Waals surface area contributed by atoms with Gasteiger partial charge in [-0.3, -0.25) is 9.69 Å². The smallest absolute Gasteiger partial charge is 0.238 e. The summed E-state index contributed by atoms with van der Waals surface area (Å²) in [6, 6.07) is 8.01. The minimum atomic E-state index is 0.0150. The molecule has 0 radical (unpaired) electrons. The molecular formula is C15H19N3OS. The summed E-state index contributed by atoms with van der Waals surface area (Å²) in [5, 5.41) is 2.93. The van der Waals surface area contributed by atoms with Gasteiger partial charge in [0.15, 0.2) is 0 Å². The van der Waals surface area contributed by atoms with E-state index in [9.17, 15) is 4.79 Å². The summed E-state index contributed by atoms with van der Waals surface area (Å²) in [5.74, 6) is 0.818. The number of carbonyl (C=O) groups excluding carboxylic acids is 1. The van der Waals surface area contributed by atoms with Gasteiger partial charge in [-0.05, 0) is 37.3 Å². The number of nitrogens with two attached hydrogens (primary N) is 1. The Kier molecular flexibility index (Phi) is 3.72. The van der Waals surface area contributed by atoms with Crippen molar-refractivity contribution < 1.29 is 4.79 Å². The van der Waals surface area contributed by atoms with E-state index in [1.807, 2.05) is 24.3 Å². The quantitative estimate of drug-likeness (QED) is 0.829. The SMILES string of the molecule is NC(=S)c1ccccc1NC(=O)CN1CC2CCC1C2. The number of hydrogen-bond donors (Lipinski definition) is 2. The number of rotatable bonds is 4. The first-order valence-electron chi connectivity index (χ1n) is 7.06. The number of carbonyl (C=O) groups is 1. The monoisotopic (exact) mass is 289 g/mol. The number of para-hydroxylation sites is 1. The molecule has 2 unspecified atom stereocenters. The van der Waals surface area contributed by atoms with Gasteiger partial charge < -0.3 is 11.1 Å². The molecule has 2 bridgehead atoms. The van der Waals surface area contributed by atoms with Crippen molar-refractivity contribution in [3.05, 3.63) is 29.8 Å². The molecule has 5 heteroatoms. The maximum Gasteiger partial charge on any atom is 0.238 e. The number of likely N-dealkylation sites (tertiary alicyclic amines) is 1. The van der Waals surface area contributed by atoms with Crippen molar-refractivity contribution in [3.8, 4) is 0 Å². The lowest BCUT2D eigenvalue weighted by atomic mass is 10.1. The number of amides is 1. The van der Waals surface area contributed by atoms with Crippen molar-refractivity contribution in [1.29, 1.82) is 0 Å². The van der Waals surface area contributed by atoms with Crippen LogP contribution in [0.25, 0.3) is 0 Å². The first kappa shape index (κ1) is 13.5. The number of nitrogens with zero attached hydrogens (tertiary/aromatic N) is 1. The van der Waals surface area contributed by atoms with E-state index in [-0.39, 0.29) is 5.91 Å². The van der Waals surface area contributed by atoms with Crippen LogP contribution in [0.4, 0.5) is 5.69 Å². The zero-order valence-corrected chi connectivity index (χ0v) is 12.2. The van der Waals surface area contributed by atoms with Crippen molar-refractivity contribution in [3.63, 3.8) is 0 Å². The second-order valence-electron chi connectivity index (χ2n) is 5.72. The molecule has 3 rings (SSSR count). The highest BCUT2D eigenvalue weighted by atomic mass is 32.1. The van der Waals surface area contributed by atoms with Gasteiger partial charge in [-0.2, -0.15) is 0 Å². The Morgan fingerprint density at radius 2 is 2.20 bits per heavy atom. The number of hydrogen-bond acceptors (Lipinski definition) is 3. The summed E-state index contributed by atoms with van der Waals surface area (Å²) < 4.78 is 0. The number of nitrogens with one attached hydrogen (secondary N) is 1. The van der Waals surface area contributed by atoms with Crippen molar-refractivity contribution in [2.24, 2.45) is 11.7 Å². The third-order valence-corrected chi connectivity index (χ3v) is 4.56. The second-order valence-corrected chi connectivity index (χ2v) is 6.16. The molecule has 20 heavy (non-hydrogen) atoms. The number of piperidine rings is 1. The van der Waals surface area contributed by atoms with E-state index in [0.717, 1.165) is 18.0 Å². The fourth-order valence-corrected chi connectivity index (χ4v) is 3.58. The zero-order valence-electron chi connectivity index (χ0n) is 11.3. The highest BCUT2D eigenvalue weighted by molar-refractivity contribution is 7.80. The summed E-state index contributed by atoms with van der Waals surface area (Å²) in [4.78, 5) is 14.8. The van der Waals surface area contributed by atoms with Crippen LogP contribution in [-0.2, 0) is 4.79 Å². The average molecular weight is 289 g/mol. The van der Waals surface area contributed by atoms with Crippen LogP contribution in [0, 0.1) is 5.92 Å². The third kappa shape index (κ3) is 2.69. The van der Waals surface area contributed by atoms with Crippen LogP contribution in [0.2, 0.25) is 0 Å². The van der Waals surface area contributed by atoms with Gasteiger partial charge in [0, 0.05) is 18.2 Å². The van der Waals surface area contributed by atoms with Gasteiger partial charge in [0.25, 0.3) is 0 Å². The highest BCUT2D eigenvalue weighted by Crippen LogP contribution is 2.36. The van der Waals surface area contributed by atoms with Crippen LogP contribution in [0.1, 0.15) is 24.8 Å². The third-order valence-electron chi connectivity index (χ3n) is 4.34. The van der Waals surface area contributed by atoms with E-state index in [0.29, 0.717) is 23.3 Å². The molecule has 0 aromatic heterocycles. The van der Waals surface area contributed by atoms with Crippen molar-refractivity contribution in [2.45, 2.75) is 25.3 Å². The van der Waals surface area contributed by atoms with Crippen molar-refractivity contribution in [1.82, 2.24) is 4.90 Å². The number of thiocarbonyl (C=S) groups is 1. The molecule has 2 fully saturated rings. The van der Waals surface area contributed by atoms with Crippen LogP contribution in [0.15, 0.2) is 24.3 Å². The molecule has 1 heterocycles. The Morgan fingerprint density at radius 1 is 1.40 bits per heavy atom. The van der Waals surface area contributed by atoms with Crippen LogP contribution >= 0.6 is 12.2 Å². The lowest BCUT2D eigenvalue weighted by Gasteiger charge is -2.26. The van der Waals surface area contributed by atoms with E-state index in [4.69, 9.17) is 18.0 Å². The Morgan fingerprint density at radius 3 is 2.85 bits per heavy atom. The number of anilines is 1. The molecule has 1 amide bonds. The van der Waals surface area contributed by atoms with Gasteiger partial charge >= 0.3 is 0 Å². The lowest BCUT2D eigenvalue weighted by molar-refractivity contribution is -0.117. The normalized spacial score (nSPS) is 24.8. The minimum absolute atomic E-state index is 0.0150. The van der Waals surface area contributed by atoms with Crippen LogP contribution in [-0.4, -0.2) is 34.9 Å². The van der Waals surface area contributed by atoms with Gasteiger partial charge in [-0.15, -0.1) is 0 Å². The summed E-state index contributed by atoms with van der Waals surface area (Å²) >= 11 is 5.01. The molecule has 2 aliphatic rings. The molecule has 106 valence electrons. The molecule has 2 atom stereocenters. The second kappa shape index (κ2) is 5.50. The van der Waals surface area contributed by atoms with Crippen LogP contribution < -0.4 is 11.1 Å². The minimum Gasteiger partial charge on any atom is -0.389 e. The predicted molar refractivity (Wildman–Crippen MR) is 83.7 cm³/mol. The summed E-state index contributed by atoms with van der Waals surface area (Å²) in [6.07, 6.45) is 3.82. The maximum absolute atomic E-state index is 12.2. The van der Waals surface area contributed by atoms with Gasteiger partial charge in [-0.25, -0.2) is 0 Å². The molecule has 1 aromatic rings. The fourth-order valence-electron chi connectivity index (χ4n) is 3.40.